The molecule has 0 spiro atoms. The zero-order valence-corrected chi connectivity index (χ0v) is 21.6. The zero-order chi connectivity index (χ0) is 27.5. The van der Waals surface area contributed by atoms with E-state index >= 15 is 0 Å². The molecule has 2 atom stereocenters. The van der Waals surface area contributed by atoms with Crippen LogP contribution in [-0.2, 0) is 5.54 Å². The summed E-state index contributed by atoms with van der Waals surface area (Å²) in [5, 5.41) is 9.59. The fourth-order valence-corrected chi connectivity index (χ4v) is 4.85. The van der Waals surface area contributed by atoms with E-state index in [1.54, 1.807) is 12.1 Å². The summed E-state index contributed by atoms with van der Waals surface area (Å²) in [6, 6.07) is 7.77. The fourth-order valence-electron chi connectivity index (χ4n) is 4.85. The number of nitrogens with two attached hydrogens (primary N) is 2. The Kier molecular flexibility index (Phi) is 6.06. The highest BCUT2D eigenvalue weighted by Gasteiger charge is 2.32. The number of fused-ring (bicyclic) bond motifs is 1. The summed E-state index contributed by atoms with van der Waals surface area (Å²) in [6.07, 6.45) is 1.93. The van der Waals surface area contributed by atoms with Gasteiger partial charge in [-0.15, -0.1) is 0 Å². The first-order valence-corrected chi connectivity index (χ1v) is 12.3. The van der Waals surface area contributed by atoms with Gasteiger partial charge in [0.15, 0.2) is 17.3 Å². The molecule has 1 aliphatic rings. The van der Waals surface area contributed by atoms with Crippen molar-refractivity contribution in [3.05, 3.63) is 70.3 Å². The van der Waals surface area contributed by atoms with Crippen molar-refractivity contribution in [2.45, 2.75) is 39.3 Å². The van der Waals surface area contributed by atoms with Gasteiger partial charge < -0.3 is 16.4 Å². The van der Waals surface area contributed by atoms with E-state index < -0.39 is 28.8 Å². The predicted octanol–water partition coefficient (Wildman–Crippen LogP) is 3.16. The van der Waals surface area contributed by atoms with E-state index in [1.807, 2.05) is 31.6 Å². The molecule has 1 aliphatic heterocycles. The number of halogens is 2. The molecule has 11 heteroatoms. The van der Waals surface area contributed by atoms with Gasteiger partial charge in [0.2, 0.25) is 0 Å². The summed E-state index contributed by atoms with van der Waals surface area (Å²) >= 11 is 0. The van der Waals surface area contributed by atoms with Crippen LogP contribution in [0.25, 0.3) is 27.7 Å². The normalized spacial score (nSPS) is 17.9. The lowest BCUT2D eigenvalue weighted by Gasteiger charge is -2.24. The van der Waals surface area contributed by atoms with Crippen LogP contribution in [0.3, 0.4) is 0 Å². The quantitative estimate of drug-likeness (QED) is 0.425. The lowest BCUT2D eigenvalue weighted by Crippen LogP contribution is -2.29. The Hall–Kier alpha value is -4.12. The average Bonchev–Trinajstić information content (AvgIpc) is 3.42. The Morgan fingerprint density at radius 3 is 2.29 bits per heavy atom. The van der Waals surface area contributed by atoms with Crippen LogP contribution < -0.4 is 21.9 Å². The number of aromatic nitrogens is 4. The van der Waals surface area contributed by atoms with Crippen LogP contribution in [0, 0.1) is 17.6 Å². The van der Waals surface area contributed by atoms with E-state index in [9.17, 15) is 18.4 Å². The molecule has 1 amide bonds. The van der Waals surface area contributed by atoms with Crippen molar-refractivity contribution in [2.24, 2.45) is 17.4 Å². The summed E-state index contributed by atoms with van der Waals surface area (Å²) in [5.41, 5.74) is 12.1. The Bertz CT molecular complexity index is 1610. The van der Waals surface area contributed by atoms with Gasteiger partial charge in [-0.3, -0.25) is 14.3 Å². The molecule has 9 nitrogen and oxygen atoms in total. The van der Waals surface area contributed by atoms with Gasteiger partial charge >= 0.3 is 0 Å². The number of primary amides is 1. The van der Waals surface area contributed by atoms with Gasteiger partial charge in [0.1, 0.15) is 5.69 Å². The van der Waals surface area contributed by atoms with Crippen molar-refractivity contribution in [3.8, 4) is 16.8 Å². The van der Waals surface area contributed by atoms with Crippen LogP contribution in [0.1, 0.15) is 38.2 Å². The molecule has 1 saturated heterocycles. The number of hydrogen-bond donors (Lipinski definition) is 2. The molecular weight excluding hydrogens is 492 g/mol. The number of amides is 1. The molecule has 0 saturated carbocycles. The maximum absolute atomic E-state index is 14.5. The van der Waals surface area contributed by atoms with Gasteiger partial charge in [-0.2, -0.15) is 14.9 Å². The molecular formula is C27H29F2N7O2. The third-order valence-electron chi connectivity index (χ3n) is 6.94. The Morgan fingerprint density at radius 2 is 1.71 bits per heavy atom. The second kappa shape index (κ2) is 9.02. The number of rotatable bonds is 4. The summed E-state index contributed by atoms with van der Waals surface area (Å²) in [4.78, 5) is 27.9. The number of benzene rings is 2. The molecule has 2 aromatic heterocycles. The standard InChI is InChI=1S/C27H29F2N7O2/c1-14-11-34(13-20(14)30)24-15(8-9-21-17(24)12-35(32-21)27(2,3)4)16-10-22(37)36(33-23(16)26(31)38)25-18(28)6-5-7-19(25)29/h5-10,12,14,20H,11,13,30H2,1-4H3,(H2,31,38)/t14-,20+/m1/s1. The lowest BCUT2D eigenvalue weighted by molar-refractivity contribution is 0.0994. The Labute approximate surface area is 217 Å². The van der Waals surface area contributed by atoms with E-state index in [1.165, 1.54) is 6.07 Å². The largest absolute Gasteiger partial charge is 0.369 e. The van der Waals surface area contributed by atoms with E-state index in [-0.39, 0.29) is 28.8 Å². The molecule has 1 fully saturated rings. The second-order valence-electron chi connectivity index (χ2n) is 10.8. The van der Waals surface area contributed by atoms with Crippen molar-refractivity contribution in [1.29, 1.82) is 0 Å². The minimum atomic E-state index is -1.00. The van der Waals surface area contributed by atoms with Crippen LogP contribution >= 0.6 is 0 Å². The first kappa shape index (κ1) is 25.5. The van der Waals surface area contributed by atoms with Gasteiger partial charge in [0.25, 0.3) is 11.5 Å². The topological polar surface area (TPSA) is 125 Å². The first-order valence-electron chi connectivity index (χ1n) is 12.3. The van der Waals surface area contributed by atoms with Gasteiger partial charge in [-0.1, -0.05) is 13.0 Å². The van der Waals surface area contributed by atoms with Gasteiger partial charge in [0, 0.05) is 47.9 Å². The fraction of sp³-hybridized carbons (Fsp3) is 0.333. The molecule has 5 rings (SSSR count). The summed E-state index contributed by atoms with van der Waals surface area (Å²) in [5.74, 6) is -2.76. The maximum atomic E-state index is 14.5. The van der Waals surface area contributed by atoms with Crippen LogP contribution in [0.2, 0.25) is 0 Å². The Balaban J connectivity index is 1.80. The molecule has 0 radical (unpaired) electrons. The van der Waals surface area contributed by atoms with Crippen LogP contribution in [0.5, 0.6) is 0 Å². The number of nitrogens with zero attached hydrogens (tertiary/aromatic N) is 5. The number of carbonyl (C=O) groups excluding carboxylic acids is 1. The molecule has 0 aliphatic carbocycles. The van der Waals surface area contributed by atoms with Gasteiger partial charge in [0.05, 0.1) is 16.7 Å². The molecule has 198 valence electrons. The Morgan fingerprint density at radius 1 is 1.03 bits per heavy atom. The minimum absolute atomic E-state index is 0.0819. The predicted molar refractivity (Wildman–Crippen MR) is 141 cm³/mol. The van der Waals surface area contributed by atoms with E-state index in [0.717, 1.165) is 34.8 Å². The van der Waals surface area contributed by atoms with Crippen molar-refractivity contribution in [1.82, 2.24) is 19.6 Å². The van der Waals surface area contributed by atoms with Gasteiger partial charge in [-0.25, -0.2) is 8.78 Å². The highest BCUT2D eigenvalue weighted by molar-refractivity contribution is 6.05. The lowest BCUT2D eigenvalue weighted by atomic mass is 9.99. The molecule has 3 heterocycles. The summed E-state index contributed by atoms with van der Waals surface area (Å²) in [7, 11) is 0. The highest BCUT2D eigenvalue weighted by Crippen LogP contribution is 2.40. The molecule has 2 aromatic carbocycles. The first-order chi connectivity index (χ1) is 17.9. The average molecular weight is 522 g/mol. The monoisotopic (exact) mass is 521 g/mol. The van der Waals surface area contributed by atoms with E-state index in [4.69, 9.17) is 16.6 Å². The van der Waals surface area contributed by atoms with Crippen molar-refractivity contribution in [3.63, 3.8) is 0 Å². The zero-order valence-electron chi connectivity index (χ0n) is 21.6. The highest BCUT2D eigenvalue weighted by atomic mass is 19.1. The van der Waals surface area contributed by atoms with E-state index in [2.05, 4.69) is 16.9 Å². The number of hydrogen-bond acceptors (Lipinski definition) is 6. The van der Waals surface area contributed by atoms with Crippen molar-refractivity contribution < 1.29 is 13.6 Å². The second-order valence-corrected chi connectivity index (χ2v) is 10.8. The van der Waals surface area contributed by atoms with Crippen molar-refractivity contribution >= 4 is 22.5 Å². The third-order valence-corrected chi connectivity index (χ3v) is 6.94. The van der Waals surface area contributed by atoms with Gasteiger partial charge in [-0.05, 0) is 51.0 Å². The van der Waals surface area contributed by atoms with Crippen LogP contribution in [0.15, 0.2) is 47.4 Å². The molecule has 0 unspecified atom stereocenters. The molecule has 38 heavy (non-hydrogen) atoms. The number of para-hydroxylation sites is 1. The summed E-state index contributed by atoms with van der Waals surface area (Å²) < 4.78 is 31.4. The van der Waals surface area contributed by atoms with Crippen LogP contribution in [0.4, 0.5) is 14.5 Å². The molecule has 4 aromatic rings. The number of carbonyl (C=O) groups is 1. The molecule has 4 N–H and O–H groups in total. The third kappa shape index (κ3) is 4.22. The smallest absolute Gasteiger partial charge is 0.272 e. The maximum Gasteiger partial charge on any atom is 0.272 e. The SMILES string of the molecule is C[C@@H]1CN(c2c(-c3cc(=O)n(-c4c(F)cccc4F)nc3C(N)=O)ccc3nn(C(C)(C)C)cc23)C[C@@H]1N. The number of anilines is 1. The van der Waals surface area contributed by atoms with Crippen LogP contribution in [-0.4, -0.2) is 44.6 Å². The molecule has 0 bridgehead atoms. The van der Waals surface area contributed by atoms with Crippen molar-refractivity contribution in [2.75, 3.05) is 18.0 Å². The minimum Gasteiger partial charge on any atom is -0.369 e. The summed E-state index contributed by atoms with van der Waals surface area (Å²) in [6.45, 7) is 9.34. The van der Waals surface area contributed by atoms with E-state index in [0.29, 0.717) is 23.3 Å².